The van der Waals surface area contributed by atoms with Crippen LogP contribution in [-0.4, -0.2) is 25.9 Å². The predicted molar refractivity (Wildman–Crippen MR) is 79.8 cm³/mol. The highest BCUT2D eigenvalue weighted by atomic mass is 32.2. The van der Waals surface area contributed by atoms with Gasteiger partial charge in [0.15, 0.2) is 0 Å². The van der Waals surface area contributed by atoms with E-state index in [4.69, 9.17) is 0 Å². The van der Waals surface area contributed by atoms with Crippen molar-refractivity contribution in [1.29, 1.82) is 0 Å². The first-order chi connectivity index (χ1) is 9.85. The van der Waals surface area contributed by atoms with Crippen LogP contribution < -0.4 is 10.0 Å². The average molecular weight is 313 g/mol. The monoisotopic (exact) mass is 313 g/mol. The number of sulfonamides is 1. The zero-order valence-corrected chi connectivity index (χ0v) is 12.8. The first-order valence-corrected chi connectivity index (χ1v) is 8.38. The van der Waals surface area contributed by atoms with Gasteiger partial charge in [0, 0.05) is 24.7 Å². The van der Waals surface area contributed by atoms with Gasteiger partial charge >= 0.3 is 0 Å². The Bertz CT molecular complexity index is 645. The van der Waals surface area contributed by atoms with Gasteiger partial charge in [-0.15, -0.1) is 0 Å². The van der Waals surface area contributed by atoms with Crippen LogP contribution >= 0.6 is 0 Å². The van der Waals surface area contributed by atoms with Crippen molar-refractivity contribution < 1.29 is 13.3 Å². The Balaban J connectivity index is 2.34. The summed E-state index contributed by atoms with van der Waals surface area (Å²) in [7, 11) is -3.67. The van der Waals surface area contributed by atoms with Gasteiger partial charge in [0.25, 0.3) is 5.69 Å². The van der Waals surface area contributed by atoms with Crippen molar-refractivity contribution in [1.82, 2.24) is 4.72 Å². The van der Waals surface area contributed by atoms with E-state index in [0.717, 1.165) is 12.8 Å². The number of nitro benzene ring substituents is 1. The standard InChI is InChI=1S/C13H19N3O4S/c1-3-6-14-12-8-10(16(17)18)4-5-13(12)21(19,20)15-11-7-9(11)2/h4-5,8-9,11,14-15H,3,6-7H2,1-2H3. The number of hydrogen-bond donors (Lipinski definition) is 2. The molecule has 0 spiro atoms. The maximum atomic E-state index is 12.4. The van der Waals surface area contributed by atoms with Crippen molar-refractivity contribution in [3.8, 4) is 0 Å². The molecule has 0 aromatic heterocycles. The number of hydrogen-bond acceptors (Lipinski definition) is 5. The second kappa shape index (κ2) is 5.98. The molecule has 0 radical (unpaired) electrons. The van der Waals surface area contributed by atoms with E-state index in [-0.39, 0.29) is 22.3 Å². The number of anilines is 1. The second-order valence-electron chi connectivity index (χ2n) is 5.31. The Morgan fingerprint density at radius 1 is 1.43 bits per heavy atom. The number of nitrogens with zero attached hydrogens (tertiary/aromatic N) is 1. The normalized spacial score (nSPS) is 21.0. The Hall–Kier alpha value is -1.67. The van der Waals surface area contributed by atoms with Crippen LogP contribution in [0.2, 0.25) is 0 Å². The average Bonchev–Trinajstić information content (AvgIpc) is 3.10. The fourth-order valence-corrected chi connectivity index (χ4v) is 3.53. The zero-order chi connectivity index (χ0) is 15.6. The molecule has 2 unspecified atom stereocenters. The molecule has 8 heteroatoms. The number of non-ortho nitro benzene ring substituents is 1. The summed E-state index contributed by atoms with van der Waals surface area (Å²) in [6, 6.07) is 3.72. The number of nitrogens with one attached hydrogen (secondary N) is 2. The SMILES string of the molecule is CCCNc1cc([N+](=O)[O-])ccc1S(=O)(=O)NC1CC1C. The van der Waals surface area contributed by atoms with E-state index in [1.54, 1.807) is 0 Å². The first kappa shape index (κ1) is 15.7. The van der Waals surface area contributed by atoms with Crippen LogP contribution in [0.4, 0.5) is 11.4 Å². The van der Waals surface area contributed by atoms with Crippen LogP contribution in [0.1, 0.15) is 26.7 Å². The van der Waals surface area contributed by atoms with E-state index in [1.165, 1.54) is 18.2 Å². The summed E-state index contributed by atoms with van der Waals surface area (Å²) >= 11 is 0. The Morgan fingerprint density at radius 3 is 2.62 bits per heavy atom. The molecule has 2 N–H and O–H groups in total. The van der Waals surface area contributed by atoms with Crippen LogP contribution in [0, 0.1) is 16.0 Å². The molecule has 1 aliphatic carbocycles. The van der Waals surface area contributed by atoms with Gasteiger partial charge in [-0.25, -0.2) is 13.1 Å². The minimum absolute atomic E-state index is 0.0378. The molecule has 2 rings (SSSR count). The van der Waals surface area contributed by atoms with E-state index in [2.05, 4.69) is 10.0 Å². The van der Waals surface area contributed by atoms with Crippen LogP contribution in [-0.2, 0) is 10.0 Å². The van der Waals surface area contributed by atoms with Crippen molar-refractivity contribution in [2.45, 2.75) is 37.6 Å². The molecule has 0 bridgehead atoms. The molecule has 0 heterocycles. The van der Waals surface area contributed by atoms with Gasteiger partial charge in [-0.1, -0.05) is 13.8 Å². The van der Waals surface area contributed by atoms with Gasteiger partial charge in [-0.3, -0.25) is 10.1 Å². The topological polar surface area (TPSA) is 101 Å². The maximum absolute atomic E-state index is 12.4. The third-order valence-electron chi connectivity index (χ3n) is 3.44. The number of benzene rings is 1. The largest absolute Gasteiger partial charge is 0.384 e. The molecular formula is C13H19N3O4S. The molecule has 116 valence electrons. The molecule has 7 nitrogen and oxygen atoms in total. The van der Waals surface area contributed by atoms with E-state index in [1.807, 2.05) is 13.8 Å². The van der Waals surface area contributed by atoms with Crippen LogP contribution in [0.5, 0.6) is 0 Å². The van der Waals surface area contributed by atoms with Gasteiger partial charge in [-0.05, 0) is 24.8 Å². The summed E-state index contributed by atoms with van der Waals surface area (Å²) in [6.45, 7) is 4.45. The molecule has 1 aliphatic rings. The highest BCUT2D eigenvalue weighted by Gasteiger charge is 2.37. The summed E-state index contributed by atoms with van der Waals surface area (Å²) in [5.41, 5.74) is 0.138. The predicted octanol–water partition coefficient (Wildman–Crippen LogP) is 2.10. The van der Waals surface area contributed by atoms with Crippen LogP contribution in [0.25, 0.3) is 0 Å². The summed E-state index contributed by atoms with van der Waals surface area (Å²) in [5.74, 6) is 0.338. The minimum Gasteiger partial charge on any atom is -0.384 e. The van der Waals surface area contributed by atoms with E-state index in [0.29, 0.717) is 12.5 Å². The third kappa shape index (κ3) is 3.70. The Kier molecular flexibility index (Phi) is 4.48. The summed E-state index contributed by atoms with van der Waals surface area (Å²) in [4.78, 5) is 10.3. The lowest BCUT2D eigenvalue weighted by atomic mass is 10.2. The van der Waals surface area contributed by atoms with Gasteiger partial charge in [0.2, 0.25) is 10.0 Å². The zero-order valence-electron chi connectivity index (χ0n) is 12.0. The molecule has 1 saturated carbocycles. The summed E-state index contributed by atoms with van der Waals surface area (Å²) < 4.78 is 27.4. The van der Waals surface area contributed by atoms with Gasteiger partial charge in [0.05, 0.1) is 10.6 Å². The second-order valence-corrected chi connectivity index (χ2v) is 6.99. The molecule has 1 aromatic rings. The number of nitro groups is 1. The molecule has 0 amide bonds. The fourth-order valence-electron chi connectivity index (χ4n) is 2.01. The van der Waals surface area contributed by atoms with Gasteiger partial charge in [-0.2, -0.15) is 0 Å². The summed E-state index contributed by atoms with van der Waals surface area (Å²) in [5, 5.41) is 13.8. The van der Waals surface area contributed by atoms with E-state index >= 15 is 0 Å². The van der Waals surface area contributed by atoms with E-state index < -0.39 is 14.9 Å². The van der Waals surface area contributed by atoms with Crippen molar-refractivity contribution in [3.63, 3.8) is 0 Å². The lowest BCUT2D eigenvalue weighted by molar-refractivity contribution is -0.384. The molecule has 21 heavy (non-hydrogen) atoms. The molecule has 0 saturated heterocycles. The highest BCUT2D eigenvalue weighted by molar-refractivity contribution is 7.89. The van der Waals surface area contributed by atoms with Crippen molar-refractivity contribution >= 4 is 21.4 Å². The first-order valence-electron chi connectivity index (χ1n) is 6.89. The van der Waals surface area contributed by atoms with Gasteiger partial charge < -0.3 is 5.32 Å². The lowest BCUT2D eigenvalue weighted by Crippen LogP contribution is -2.27. The molecule has 2 atom stereocenters. The maximum Gasteiger partial charge on any atom is 0.271 e. The molecule has 0 aliphatic heterocycles. The summed E-state index contributed by atoms with van der Waals surface area (Å²) in [6.07, 6.45) is 1.61. The third-order valence-corrected chi connectivity index (χ3v) is 4.99. The van der Waals surface area contributed by atoms with E-state index in [9.17, 15) is 18.5 Å². The Labute approximate surface area is 123 Å². The fraction of sp³-hybridized carbons (Fsp3) is 0.538. The lowest BCUT2D eigenvalue weighted by Gasteiger charge is -2.12. The Morgan fingerprint density at radius 2 is 2.10 bits per heavy atom. The number of rotatable bonds is 7. The molecular weight excluding hydrogens is 294 g/mol. The van der Waals surface area contributed by atoms with Gasteiger partial charge in [0.1, 0.15) is 4.90 Å². The van der Waals surface area contributed by atoms with Crippen molar-refractivity contribution in [2.24, 2.45) is 5.92 Å². The van der Waals surface area contributed by atoms with Crippen LogP contribution in [0.15, 0.2) is 23.1 Å². The minimum atomic E-state index is -3.67. The quantitative estimate of drug-likeness (QED) is 0.593. The highest BCUT2D eigenvalue weighted by Crippen LogP contribution is 2.33. The molecule has 1 fully saturated rings. The van der Waals surface area contributed by atoms with Crippen molar-refractivity contribution in [2.75, 3.05) is 11.9 Å². The molecule has 1 aromatic carbocycles. The smallest absolute Gasteiger partial charge is 0.271 e. The van der Waals surface area contributed by atoms with Crippen LogP contribution in [0.3, 0.4) is 0 Å². The van der Waals surface area contributed by atoms with Crippen molar-refractivity contribution in [3.05, 3.63) is 28.3 Å².